The fourth-order valence-corrected chi connectivity index (χ4v) is 1.41. The molecule has 0 unspecified atom stereocenters. The number of para-hydroxylation sites is 2. The molecule has 0 spiro atoms. The van der Waals surface area contributed by atoms with Crippen molar-refractivity contribution in [3.05, 3.63) is 30.1 Å². The van der Waals surface area contributed by atoms with Gasteiger partial charge in [0.2, 0.25) is 0 Å². The van der Waals surface area contributed by atoms with Gasteiger partial charge in [0.25, 0.3) is 0 Å². The molecule has 0 amide bonds. The molecular weight excluding hydrogens is 190 g/mol. The van der Waals surface area contributed by atoms with Gasteiger partial charge in [0.1, 0.15) is 5.82 Å². The molecule has 0 aliphatic rings. The Labute approximate surface area is 87.2 Å². The molecule has 5 N–H and O–H groups in total. The van der Waals surface area contributed by atoms with Crippen LogP contribution in [-0.4, -0.2) is 22.5 Å². The number of aromatic nitrogens is 2. The first-order valence-electron chi connectivity index (χ1n) is 4.75. The monoisotopic (exact) mass is 203 g/mol. The van der Waals surface area contributed by atoms with Crippen LogP contribution in [0.2, 0.25) is 0 Å². The second kappa shape index (κ2) is 4.00. The van der Waals surface area contributed by atoms with E-state index in [1.165, 1.54) is 0 Å². The van der Waals surface area contributed by atoms with Crippen LogP contribution in [0.15, 0.2) is 29.3 Å². The van der Waals surface area contributed by atoms with Gasteiger partial charge in [0.05, 0.1) is 11.0 Å². The molecule has 5 heteroatoms. The Morgan fingerprint density at radius 3 is 2.87 bits per heavy atom. The van der Waals surface area contributed by atoms with E-state index in [4.69, 9.17) is 11.5 Å². The summed E-state index contributed by atoms with van der Waals surface area (Å²) in [6.45, 7) is 0.558. The van der Waals surface area contributed by atoms with Crippen LogP contribution in [0.4, 0.5) is 0 Å². The van der Waals surface area contributed by atoms with E-state index in [1.54, 1.807) is 0 Å². The van der Waals surface area contributed by atoms with E-state index in [1.807, 2.05) is 24.3 Å². The van der Waals surface area contributed by atoms with Crippen molar-refractivity contribution in [1.29, 1.82) is 0 Å². The molecule has 5 nitrogen and oxygen atoms in total. The van der Waals surface area contributed by atoms with Crippen molar-refractivity contribution >= 4 is 17.0 Å². The molecule has 1 aromatic heterocycles. The number of nitrogens with two attached hydrogens (primary N) is 2. The molecule has 0 fully saturated rings. The molecule has 0 saturated carbocycles. The van der Waals surface area contributed by atoms with Crippen LogP contribution >= 0.6 is 0 Å². The second-order valence-electron chi connectivity index (χ2n) is 3.26. The zero-order valence-electron chi connectivity index (χ0n) is 8.27. The summed E-state index contributed by atoms with van der Waals surface area (Å²) in [6, 6.07) is 7.89. The molecule has 0 radical (unpaired) electrons. The third kappa shape index (κ3) is 2.25. The molecule has 0 aliphatic heterocycles. The van der Waals surface area contributed by atoms with Gasteiger partial charge in [0.15, 0.2) is 5.96 Å². The summed E-state index contributed by atoms with van der Waals surface area (Å²) < 4.78 is 0. The number of hydrogen-bond acceptors (Lipinski definition) is 2. The zero-order valence-corrected chi connectivity index (χ0v) is 8.27. The minimum Gasteiger partial charge on any atom is -0.370 e. The van der Waals surface area contributed by atoms with Crippen LogP contribution in [0.3, 0.4) is 0 Å². The minimum absolute atomic E-state index is 0.117. The van der Waals surface area contributed by atoms with Gasteiger partial charge in [-0.15, -0.1) is 0 Å². The topological polar surface area (TPSA) is 93.1 Å². The average Bonchev–Trinajstić information content (AvgIpc) is 2.59. The van der Waals surface area contributed by atoms with Crippen LogP contribution in [0.5, 0.6) is 0 Å². The Bertz CT molecular complexity index is 448. The third-order valence-electron chi connectivity index (χ3n) is 2.08. The fraction of sp³-hybridized carbons (Fsp3) is 0.200. The van der Waals surface area contributed by atoms with Crippen molar-refractivity contribution in [2.24, 2.45) is 16.5 Å². The quantitative estimate of drug-likeness (QED) is 0.497. The standard InChI is InChI=1S/C10H13N5/c11-10(12)13-6-5-9-14-7-3-1-2-4-8(7)15-9/h1-4H,5-6H2,(H,14,15)(H4,11,12,13). The molecule has 0 saturated heterocycles. The van der Waals surface area contributed by atoms with Crippen molar-refractivity contribution in [2.45, 2.75) is 6.42 Å². The van der Waals surface area contributed by atoms with Crippen LogP contribution in [0.25, 0.3) is 11.0 Å². The predicted octanol–water partition coefficient (Wildman–Crippen LogP) is 0.379. The first-order valence-corrected chi connectivity index (χ1v) is 4.75. The fourth-order valence-electron chi connectivity index (χ4n) is 1.41. The number of rotatable bonds is 3. The van der Waals surface area contributed by atoms with Crippen molar-refractivity contribution in [2.75, 3.05) is 6.54 Å². The van der Waals surface area contributed by atoms with Crippen LogP contribution < -0.4 is 11.5 Å². The van der Waals surface area contributed by atoms with E-state index in [0.29, 0.717) is 13.0 Å². The van der Waals surface area contributed by atoms with E-state index in [0.717, 1.165) is 16.9 Å². The maximum Gasteiger partial charge on any atom is 0.185 e. The van der Waals surface area contributed by atoms with Crippen LogP contribution in [0.1, 0.15) is 5.82 Å². The number of benzene rings is 1. The normalized spacial score (nSPS) is 10.4. The van der Waals surface area contributed by atoms with E-state index in [-0.39, 0.29) is 5.96 Å². The van der Waals surface area contributed by atoms with Crippen molar-refractivity contribution in [3.8, 4) is 0 Å². The summed E-state index contributed by atoms with van der Waals surface area (Å²) in [5, 5.41) is 0. The number of nitrogens with zero attached hydrogens (tertiary/aromatic N) is 2. The molecule has 0 atom stereocenters. The second-order valence-corrected chi connectivity index (χ2v) is 3.26. The molecule has 2 aromatic rings. The molecule has 0 bridgehead atoms. The van der Waals surface area contributed by atoms with Gasteiger partial charge in [-0.2, -0.15) is 0 Å². The Kier molecular flexibility index (Phi) is 2.53. The molecular formula is C10H13N5. The Hall–Kier alpha value is -2.04. The first kappa shape index (κ1) is 9.51. The molecule has 78 valence electrons. The highest BCUT2D eigenvalue weighted by Gasteiger charge is 2.00. The smallest absolute Gasteiger partial charge is 0.185 e. The number of aliphatic imine (C=N–C) groups is 1. The van der Waals surface area contributed by atoms with Gasteiger partial charge in [0, 0.05) is 13.0 Å². The molecule has 1 aromatic carbocycles. The van der Waals surface area contributed by atoms with Gasteiger partial charge in [-0.05, 0) is 12.1 Å². The Morgan fingerprint density at radius 1 is 1.33 bits per heavy atom. The van der Waals surface area contributed by atoms with E-state index >= 15 is 0 Å². The molecule has 0 aliphatic carbocycles. The number of guanidine groups is 1. The highest BCUT2D eigenvalue weighted by atomic mass is 15.0. The molecule has 2 rings (SSSR count). The number of fused-ring (bicyclic) bond motifs is 1. The first-order chi connectivity index (χ1) is 7.25. The lowest BCUT2D eigenvalue weighted by atomic mass is 10.3. The zero-order chi connectivity index (χ0) is 10.7. The molecule has 15 heavy (non-hydrogen) atoms. The van der Waals surface area contributed by atoms with Crippen molar-refractivity contribution in [1.82, 2.24) is 9.97 Å². The predicted molar refractivity (Wildman–Crippen MR) is 60.5 cm³/mol. The summed E-state index contributed by atoms with van der Waals surface area (Å²) in [6.07, 6.45) is 0.715. The SMILES string of the molecule is NC(N)=NCCc1nc2ccccc2[nH]1. The Balaban J connectivity index is 2.12. The lowest BCUT2D eigenvalue weighted by Crippen LogP contribution is -2.23. The highest BCUT2D eigenvalue weighted by Crippen LogP contribution is 2.10. The maximum absolute atomic E-state index is 5.23. The summed E-state index contributed by atoms with van der Waals surface area (Å²) in [4.78, 5) is 11.5. The largest absolute Gasteiger partial charge is 0.370 e. The number of hydrogen-bond donors (Lipinski definition) is 3. The number of nitrogens with one attached hydrogen (secondary N) is 1. The summed E-state index contributed by atoms with van der Waals surface area (Å²) in [5.74, 6) is 1.02. The van der Waals surface area contributed by atoms with E-state index in [2.05, 4.69) is 15.0 Å². The van der Waals surface area contributed by atoms with Crippen LogP contribution in [-0.2, 0) is 6.42 Å². The highest BCUT2D eigenvalue weighted by molar-refractivity contribution is 5.76. The van der Waals surface area contributed by atoms with E-state index < -0.39 is 0 Å². The summed E-state index contributed by atoms with van der Waals surface area (Å²) in [7, 11) is 0. The van der Waals surface area contributed by atoms with Gasteiger partial charge < -0.3 is 16.5 Å². The summed E-state index contributed by atoms with van der Waals surface area (Å²) in [5.41, 5.74) is 12.5. The number of H-pyrrole nitrogens is 1. The maximum atomic E-state index is 5.23. The average molecular weight is 203 g/mol. The number of imidazole rings is 1. The van der Waals surface area contributed by atoms with Crippen molar-refractivity contribution < 1.29 is 0 Å². The molecule has 1 heterocycles. The van der Waals surface area contributed by atoms with Gasteiger partial charge in [-0.3, -0.25) is 4.99 Å². The minimum atomic E-state index is 0.117. The Morgan fingerprint density at radius 2 is 2.13 bits per heavy atom. The number of aromatic amines is 1. The lowest BCUT2D eigenvalue weighted by molar-refractivity contribution is 0.897. The van der Waals surface area contributed by atoms with Gasteiger partial charge >= 0.3 is 0 Å². The van der Waals surface area contributed by atoms with E-state index in [9.17, 15) is 0 Å². The third-order valence-corrected chi connectivity index (χ3v) is 2.08. The van der Waals surface area contributed by atoms with Crippen molar-refractivity contribution in [3.63, 3.8) is 0 Å². The van der Waals surface area contributed by atoms with Crippen LogP contribution in [0, 0.1) is 0 Å². The lowest BCUT2D eigenvalue weighted by Gasteiger charge is -1.92. The summed E-state index contributed by atoms with van der Waals surface area (Å²) >= 11 is 0. The van der Waals surface area contributed by atoms with Gasteiger partial charge in [-0.25, -0.2) is 4.98 Å². The van der Waals surface area contributed by atoms with Gasteiger partial charge in [-0.1, -0.05) is 12.1 Å².